The van der Waals surface area contributed by atoms with E-state index in [0.717, 1.165) is 12.8 Å². The molecule has 1 aliphatic rings. The summed E-state index contributed by atoms with van der Waals surface area (Å²) in [5, 5.41) is -0.484. The van der Waals surface area contributed by atoms with Gasteiger partial charge in [0.1, 0.15) is 5.82 Å². The summed E-state index contributed by atoms with van der Waals surface area (Å²) in [5.74, 6) is -0.812. The quantitative estimate of drug-likeness (QED) is 0.890. The summed E-state index contributed by atoms with van der Waals surface area (Å²) in [5.41, 5.74) is 0.0657. The van der Waals surface area contributed by atoms with Gasteiger partial charge in [-0.2, -0.15) is 0 Å². The van der Waals surface area contributed by atoms with Gasteiger partial charge < -0.3 is 4.90 Å². The van der Waals surface area contributed by atoms with E-state index in [1.54, 1.807) is 30.9 Å². The zero-order chi connectivity index (χ0) is 17.0. The lowest BCUT2D eigenvalue weighted by molar-refractivity contribution is 0.0671. The molecular formula is C16H23FN2O3S. The Kier molecular flexibility index (Phi) is 5.75. The van der Waals surface area contributed by atoms with E-state index in [1.807, 2.05) is 0 Å². The first-order valence-corrected chi connectivity index (χ1v) is 9.38. The molecule has 1 amide bonds. The van der Waals surface area contributed by atoms with E-state index in [9.17, 15) is 17.6 Å². The molecule has 0 spiro atoms. The summed E-state index contributed by atoms with van der Waals surface area (Å²) < 4.78 is 40.0. The van der Waals surface area contributed by atoms with Gasteiger partial charge in [-0.15, -0.1) is 0 Å². The Morgan fingerprint density at radius 3 is 2.74 bits per heavy atom. The number of rotatable bonds is 5. The Hall–Kier alpha value is -1.47. The molecule has 0 unspecified atom stereocenters. The second kappa shape index (κ2) is 7.40. The number of likely N-dealkylation sites (tertiary alicyclic amines) is 1. The molecule has 1 aromatic rings. The number of nitrogens with zero attached hydrogens (tertiary/aromatic N) is 1. The Labute approximate surface area is 136 Å². The van der Waals surface area contributed by atoms with Crippen LogP contribution in [0.4, 0.5) is 4.39 Å². The Morgan fingerprint density at radius 1 is 1.39 bits per heavy atom. The standard InChI is InChI=1S/C16H23FN2O3S/c1-12(2)23(21,22)18-10-13-6-5-9-19(11-13)16(20)14-7-3-4-8-15(14)17/h3-4,7-8,12-13,18H,5-6,9-11H2,1-2H3/t13-/m1/s1. The first-order valence-electron chi connectivity index (χ1n) is 7.83. The van der Waals surface area contributed by atoms with Crippen LogP contribution in [0.15, 0.2) is 24.3 Å². The van der Waals surface area contributed by atoms with Crippen molar-refractivity contribution in [2.24, 2.45) is 5.92 Å². The molecule has 0 radical (unpaired) electrons. The molecule has 0 aliphatic carbocycles. The predicted molar refractivity (Wildman–Crippen MR) is 87.1 cm³/mol. The number of sulfonamides is 1. The molecule has 7 heteroatoms. The van der Waals surface area contributed by atoms with Crippen molar-refractivity contribution < 1.29 is 17.6 Å². The highest BCUT2D eigenvalue weighted by Crippen LogP contribution is 2.19. The molecule has 1 fully saturated rings. The molecule has 1 heterocycles. The van der Waals surface area contributed by atoms with Crippen molar-refractivity contribution in [2.45, 2.75) is 31.9 Å². The molecule has 5 nitrogen and oxygen atoms in total. The normalized spacial score (nSPS) is 19.1. The highest BCUT2D eigenvalue weighted by molar-refractivity contribution is 7.90. The molecule has 128 valence electrons. The molecule has 1 saturated heterocycles. The third kappa shape index (κ3) is 4.51. The number of benzene rings is 1. The van der Waals surface area contributed by atoms with E-state index in [1.165, 1.54) is 12.1 Å². The van der Waals surface area contributed by atoms with Gasteiger partial charge in [-0.05, 0) is 44.7 Å². The van der Waals surface area contributed by atoms with Crippen molar-refractivity contribution in [3.8, 4) is 0 Å². The van der Waals surface area contributed by atoms with Crippen molar-refractivity contribution in [3.05, 3.63) is 35.6 Å². The van der Waals surface area contributed by atoms with Crippen molar-refractivity contribution in [1.29, 1.82) is 0 Å². The number of amides is 1. The van der Waals surface area contributed by atoms with Crippen LogP contribution in [-0.2, 0) is 10.0 Å². The summed E-state index contributed by atoms with van der Waals surface area (Å²) in [6.45, 7) is 4.56. The first kappa shape index (κ1) is 17.9. The minimum atomic E-state index is -3.31. The van der Waals surface area contributed by atoms with Crippen molar-refractivity contribution in [3.63, 3.8) is 0 Å². The second-order valence-corrected chi connectivity index (χ2v) is 8.50. The average molecular weight is 342 g/mol. The molecule has 0 aromatic heterocycles. The van der Waals surface area contributed by atoms with Crippen LogP contribution in [0.1, 0.15) is 37.0 Å². The molecule has 1 aliphatic heterocycles. The number of halogens is 1. The lowest BCUT2D eigenvalue weighted by Gasteiger charge is -2.33. The van der Waals surface area contributed by atoms with Crippen LogP contribution in [0.3, 0.4) is 0 Å². The maximum atomic E-state index is 13.7. The van der Waals surface area contributed by atoms with Crippen molar-refractivity contribution in [2.75, 3.05) is 19.6 Å². The van der Waals surface area contributed by atoms with Gasteiger partial charge in [-0.3, -0.25) is 4.79 Å². The molecular weight excluding hydrogens is 319 g/mol. The van der Waals surface area contributed by atoms with Crippen LogP contribution in [0.25, 0.3) is 0 Å². The zero-order valence-corrected chi connectivity index (χ0v) is 14.3. The zero-order valence-electron chi connectivity index (χ0n) is 13.5. The molecule has 2 rings (SSSR count). The van der Waals surface area contributed by atoms with Gasteiger partial charge in [0.15, 0.2) is 0 Å². The van der Waals surface area contributed by atoms with Gasteiger partial charge in [0.2, 0.25) is 10.0 Å². The molecule has 23 heavy (non-hydrogen) atoms. The largest absolute Gasteiger partial charge is 0.338 e. The van der Waals surface area contributed by atoms with Crippen molar-refractivity contribution in [1.82, 2.24) is 9.62 Å². The molecule has 0 saturated carbocycles. The lowest BCUT2D eigenvalue weighted by atomic mass is 9.97. The van der Waals surface area contributed by atoms with Crippen LogP contribution >= 0.6 is 0 Å². The molecule has 1 atom stereocenters. The van der Waals surface area contributed by atoms with E-state index in [0.29, 0.717) is 19.6 Å². The average Bonchev–Trinajstić information content (AvgIpc) is 2.53. The van der Waals surface area contributed by atoms with E-state index in [4.69, 9.17) is 0 Å². The van der Waals surface area contributed by atoms with Gasteiger partial charge in [0.25, 0.3) is 5.91 Å². The minimum Gasteiger partial charge on any atom is -0.338 e. The summed E-state index contributed by atoms with van der Waals surface area (Å²) in [6.07, 6.45) is 1.63. The van der Waals surface area contributed by atoms with Crippen LogP contribution < -0.4 is 4.72 Å². The monoisotopic (exact) mass is 342 g/mol. The lowest BCUT2D eigenvalue weighted by Crippen LogP contribution is -2.44. The summed E-state index contributed by atoms with van der Waals surface area (Å²) in [4.78, 5) is 14.0. The third-order valence-electron chi connectivity index (χ3n) is 4.10. The van der Waals surface area contributed by atoms with Crippen LogP contribution in [0.2, 0.25) is 0 Å². The second-order valence-electron chi connectivity index (χ2n) is 6.18. The SMILES string of the molecule is CC(C)S(=O)(=O)NC[C@H]1CCCN(C(=O)c2ccccc2F)C1. The van der Waals surface area contributed by atoms with Gasteiger partial charge in [-0.1, -0.05) is 12.1 Å². The first-order chi connectivity index (χ1) is 10.8. The number of carbonyl (C=O) groups is 1. The van der Waals surface area contributed by atoms with Gasteiger partial charge in [0, 0.05) is 19.6 Å². The molecule has 1 N–H and O–H groups in total. The fourth-order valence-electron chi connectivity index (χ4n) is 2.62. The van der Waals surface area contributed by atoms with E-state index >= 15 is 0 Å². The fraction of sp³-hybridized carbons (Fsp3) is 0.562. The Bertz CT molecular complexity index is 661. The smallest absolute Gasteiger partial charge is 0.256 e. The number of carbonyl (C=O) groups excluding carboxylic acids is 1. The molecule has 0 bridgehead atoms. The van der Waals surface area contributed by atoms with Crippen LogP contribution in [-0.4, -0.2) is 44.1 Å². The van der Waals surface area contributed by atoms with Crippen molar-refractivity contribution >= 4 is 15.9 Å². The number of nitrogens with one attached hydrogen (secondary N) is 1. The Balaban J connectivity index is 1.98. The molecule has 1 aromatic carbocycles. The Morgan fingerprint density at radius 2 is 2.09 bits per heavy atom. The highest BCUT2D eigenvalue weighted by atomic mass is 32.2. The van der Waals surface area contributed by atoms with Crippen LogP contribution in [0, 0.1) is 11.7 Å². The predicted octanol–water partition coefficient (Wildman–Crippen LogP) is 2.01. The topological polar surface area (TPSA) is 66.5 Å². The fourth-order valence-corrected chi connectivity index (χ4v) is 3.42. The minimum absolute atomic E-state index is 0.0491. The highest BCUT2D eigenvalue weighted by Gasteiger charge is 2.27. The summed E-state index contributed by atoms with van der Waals surface area (Å²) >= 11 is 0. The van der Waals surface area contributed by atoms with E-state index in [2.05, 4.69) is 4.72 Å². The summed E-state index contributed by atoms with van der Waals surface area (Å²) in [7, 11) is -3.31. The van der Waals surface area contributed by atoms with Gasteiger partial charge >= 0.3 is 0 Å². The van der Waals surface area contributed by atoms with Crippen LogP contribution in [0.5, 0.6) is 0 Å². The van der Waals surface area contributed by atoms with E-state index < -0.39 is 21.1 Å². The summed E-state index contributed by atoms with van der Waals surface area (Å²) in [6, 6.07) is 5.93. The third-order valence-corrected chi connectivity index (χ3v) is 5.91. The maximum Gasteiger partial charge on any atom is 0.256 e. The maximum absolute atomic E-state index is 13.7. The number of piperidine rings is 1. The number of hydrogen-bond acceptors (Lipinski definition) is 3. The number of hydrogen-bond donors (Lipinski definition) is 1. The van der Waals surface area contributed by atoms with Gasteiger partial charge in [-0.25, -0.2) is 17.5 Å². The van der Waals surface area contributed by atoms with E-state index in [-0.39, 0.29) is 17.4 Å². The van der Waals surface area contributed by atoms with Gasteiger partial charge in [0.05, 0.1) is 10.8 Å².